The first-order valence-electron chi connectivity index (χ1n) is 11.9. The van der Waals surface area contributed by atoms with Crippen molar-refractivity contribution < 1.29 is 29.1 Å². The van der Waals surface area contributed by atoms with Gasteiger partial charge in [0, 0.05) is 18.7 Å². The lowest BCUT2D eigenvalue weighted by molar-refractivity contribution is -0.140. The molecule has 0 spiro atoms. The van der Waals surface area contributed by atoms with Crippen molar-refractivity contribution in [3.8, 4) is 0 Å². The van der Waals surface area contributed by atoms with Crippen LogP contribution in [0, 0.1) is 17.8 Å². The van der Waals surface area contributed by atoms with Gasteiger partial charge in [-0.2, -0.15) is 0 Å². The van der Waals surface area contributed by atoms with Gasteiger partial charge in [-0.25, -0.2) is 9.59 Å². The highest BCUT2D eigenvalue weighted by Crippen LogP contribution is 2.08. The van der Waals surface area contributed by atoms with E-state index in [4.69, 9.17) is 0 Å². The molecule has 11 nitrogen and oxygen atoms in total. The minimum absolute atomic E-state index is 0.0109. The molecule has 0 fully saturated rings. The van der Waals surface area contributed by atoms with E-state index in [9.17, 15) is 29.1 Å². The molecule has 0 bridgehead atoms. The molecule has 1 rings (SSSR count). The standard InChI is InChI=1S/C24H39N5O6/c1-13(2)16-10-11-18(30)25-12-8-7-9-17(21(31)26-16)27-22(32)19(14(3)4)28-24(35)29-20(15(5)6)23(33)34/h7,9-11,13-17,19-20H,8,12H2,1-6H3,(H,25,30)(H,26,31)(H,27,32)(H,33,34)(H2,28,29,35)/b9-7+,11-10+/t16-,17+,19-,20+/m1/s1. The van der Waals surface area contributed by atoms with Gasteiger partial charge in [0.05, 0.1) is 0 Å². The third-order valence-electron chi connectivity index (χ3n) is 5.46. The zero-order chi connectivity index (χ0) is 26.7. The maximum absolute atomic E-state index is 13.1. The zero-order valence-electron chi connectivity index (χ0n) is 21.3. The van der Waals surface area contributed by atoms with E-state index in [0.29, 0.717) is 13.0 Å². The molecular weight excluding hydrogens is 454 g/mol. The molecule has 11 heteroatoms. The largest absolute Gasteiger partial charge is 0.480 e. The third kappa shape index (κ3) is 10.2. The fourth-order valence-electron chi connectivity index (χ4n) is 3.27. The molecule has 0 aromatic carbocycles. The summed E-state index contributed by atoms with van der Waals surface area (Å²) in [7, 11) is 0. The van der Waals surface area contributed by atoms with Crippen LogP contribution in [0.5, 0.6) is 0 Å². The van der Waals surface area contributed by atoms with Gasteiger partial charge in [0.25, 0.3) is 0 Å². The van der Waals surface area contributed by atoms with E-state index >= 15 is 0 Å². The van der Waals surface area contributed by atoms with E-state index in [0.717, 1.165) is 0 Å². The molecule has 35 heavy (non-hydrogen) atoms. The number of carbonyl (C=O) groups is 5. The Hall–Kier alpha value is -3.37. The first kappa shape index (κ1) is 29.7. The van der Waals surface area contributed by atoms with Crippen LogP contribution in [0.15, 0.2) is 24.3 Å². The van der Waals surface area contributed by atoms with Gasteiger partial charge in [0.1, 0.15) is 18.1 Å². The third-order valence-corrected chi connectivity index (χ3v) is 5.46. The summed E-state index contributed by atoms with van der Waals surface area (Å²) in [5.74, 6) is -3.20. The lowest BCUT2D eigenvalue weighted by atomic mass is 10.0. The Morgan fingerprint density at radius 2 is 1.57 bits per heavy atom. The summed E-state index contributed by atoms with van der Waals surface area (Å²) in [5, 5.41) is 22.4. The van der Waals surface area contributed by atoms with E-state index in [1.165, 1.54) is 6.08 Å². The van der Waals surface area contributed by atoms with Crippen LogP contribution in [0.4, 0.5) is 4.79 Å². The molecule has 1 aliphatic heterocycles. The van der Waals surface area contributed by atoms with Crippen LogP contribution in [0.2, 0.25) is 0 Å². The monoisotopic (exact) mass is 493 g/mol. The molecular formula is C24H39N5O6. The first-order valence-corrected chi connectivity index (χ1v) is 11.9. The highest BCUT2D eigenvalue weighted by Gasteiger charge is 2.30. The molecule has 5 amide bonds. The Bertz CT molecular complexity index is 836. The molecule has 0 radical (unpaired) electrons. The van der Waals surface area contributed by atoms with Gasteiger partial charge < -0.3 is 31.7 Å². The zero-order valence-corrected chi connectivity index (χ0v) is 21.3. The number of aliphatic carboxylic acids is 1. The number of carbonyl (C=O) groups excluding carboxylic acids is 4. The molecule has 1 heterocycles. The molecule has 196 valence electrons. The lowest BCUT2D eigenvalue weighted by Gasteiger charge is -2.27. The molecule has 0 unspecified atom stereocenters. The molecule has 0 aromatic heterocycles. The predicted octanol–water partition coefficient (Wildman–Crippen LogP) is 0.677. The highest BCUT2D eigenvalue weighted by atomic mass is 16.4. The van der Waals surface area contributed by atoms with Crippen LogP contribution >= 0.6 is 0 Å². The van der Waals surface area contributed by atoms with Crippen molar-refractivity contribution in [2.75, 3.05) is 6.54 Å². The van der Waals surface area contributed by atoms with Gasteiger partial charge in [0.2, 0.25) is 17.7 Å². The quantitative estimate of drug-likeness (QED) is 0.272. The van der Waals surface area contributed by atoms with Crippen molar-refractivity contribution in [2.24, 2.45) is 17.8 Å². The van der Waals surface area contributed by atoms with Crippen molar-refractivity contribution >= 4 is 29.7 Å². The van der Waals surface area contributed by atoms with Crippen molar-refractivity contribution in [2.45, 2.75) is 72.1 Å². The summed E-state index contributed by atoms with van der Waals surface area (Å²) in [6.07, 6.45) is 6.66. The Labute approximate surface area is 206 Å². The molecule has 6 N–H and O–H groups in total. The van der Waals surface area contributed by atoms with Crippen molar-refractivity contribution in [3.05, 3.63) is 24.3 Å². The molecule has 0 saturated carbocycles. The predicted molar refractivity (Wildman–Crippen MR) is 131 cm³/mol. The van der Waals surface area contributed by atoms with Gasteiger partial charge in [-0.1, -0.05) is 59.8 Å². The second-order valence-electron chi connectivity index (χ2n) is 9.53. The van der Waals surface area contributed by atoms with Crippen LogP contribution in [0.1, 0.15) is 48.0 Å². The van der Waals surface area contributed by atoms with Crippen LogP contribution in [0.3, 0.4) is 0 Å². The Morgan fingerprint density at radius 1 is 0.971 bits per heavy atom. The Balaban J connectivity index is 3.01. The summed E-state index contributed by atoms with van der Waals surface area (Å²) < 4.78 is 0. The maximum Gasteiger partial charge on any atom is 0.326 e. The molecule has 0 aliphatic carbocycles. The van der Waals surface area contributed by atoms with Crippen LogP contribution in [-0.4, -0.2) is 65.5 Å². The second-order valence-corrected chi connectivity index (χ2v) is 9.53. The van der Waals surface area contributed by atoms with Crippen molar-refractivity contribution in [1.82, 2.24) is 26.6 Å². The van der Waals surface area contributed by atoms with E-state index in [1.807, 2.05) is 13.8 Å². The minimum atomic E-state index is -1.18. The van der Waals surface area contributed by atoms with Gasteiger partial charge in [-0.05, 0) is 24.2 Å². The number of rotatable bonds is 8. The second kappa shape index (κ2) is 14.1. The number of nitrogens with one attached hydrogen (secondary N) is 5. The van der Waals surface area contributed by atoms with Crippen molar-refractivity contribution in [1.29, 1.82) is 0 Å². The number of urea groups is 1. The van der Waals surface area contributed by atoms with Crippen LogP contribution in [0.25, 0.3) is 0 Å². The van der Waals surface area contributed by atoms with Gasteiger partial charge in [0.15, 0.2) is 0 Å². The van der Waals surface area contributed by atoms with E-state index in [-0.39, 0.29) is 23.7 Å². The molecule has 0 saturated heterocycles. The maximum atomic E-state index is 13.1. The van der Waals surface area contributed by atoms with Crippen molar-refractivity contribution in [3.63, 3.8) is 0 Å². The number of carboxylic acid groups (broad SMARTS) is 1. The topological polar surface area (TPSA) is 166 Å². The fraction of sp³-hybridized carbons (Fsp3) is 0.625. The van der Waals surface area contributed by atoms with Gasteiger partial charge >= 0.3 is 12.0 Å². The van der Waals surface area contributed by atoms with E-state index < -0.39 is 48.0 Å². The number of hydrogen-bond donors (Lipinski definition) is 6. The van der Waals surface area contributed by atoms with Gasteiger partial charge in [-0.15, -0.1) is 0 Å². The summed E-state index contributed by atoms with van der Waals surface area (Å²) in [4.78, 5) is 61.7. The average molecular weight is 494 g/mol. The fourth-order valence-corrected chi connectivity index (χ4v) is 3.27. The Morgan fingerprint density at radius 3 is 2.11 bits per heavy atom. The van der Waals surface area contributed by atoms with Gasteiger partial charge in [-0.3, -0.25) is 14.4 Å². The average Bonchev–Trinajstić information content (AvgIpc) is 2.75. The molecule has 1 aliphatic rings. The minimum Gasteiger partial charge on any atom is -0.480 e. The summed E-state index contributed by atoms with van der Waals surface area (Å²) in [6.45, 7) is 10.9. The number of amides is 5. The van der Waals surface area contributed by atoms with E-state index in [1.54, 1.807) is 45.9 Å². The summed E-state index contributed by atoms with van der Waals surface area (Å²) in [5.41, 5.74) is 0. The first-order chi connectivity index (χ1) is 16.3. The molecule has 4 atom stereocenters. The van der Waals surface area contributed by atoms with E-state index in [2.05, 4.69) is 26.6 Å². The number of hydrogen-bond acceptors (Lipinski definition) is 5. The SMILES string of the molecule is CC(C)[C@H](NC(=O)N[C@@H](C(=O)N[C@H]1/C=C/CCNC(=O)/C=C/[C@H](C(C)C)NC1=O)C(C)C)C(=O)O. The normalized spacial score (nSPS) is 22.7. The lowest BCUT2D eigenvalue weighted by Crippen LogP contribution is -2.58. The highest BCUT2D eigenvalue weighted by molar-refractivity contribution is 5.94. The number of carboxylic acids is 1. The Kier molecular flexibility index (Phi) is 12.0. The van der Waals surface area contributed by atoms with Crippen LogP contribution in [-0.2, 0) is 19.2 Å². The summed E-state index contributed by atoms with van der Waals surface area (Å²) >= 11 is 0. The molecule has 0 aromatic rings. The van der Waals surface area contributed by atoms with Crippen LogP contribution < -0.4 is 26.6 Å². The smallest absolute Gasteiger partial charge is 0.326 e. The summed E-state index contributed by atoms with van der Waals surface area (Å²) in [6, 6.07) is -4.37.